The lowest BCUT2D eigenvalue weighted by molar-refractivity contribution is -0.115. The van der Waals surface area contributed by atoms with E-state index in [1.807, 2.05) is 0 Å². The summed E-state index contributed by atoms with van der Waals surface area (Å²) in [5.74, 6) is 0.381. The number of fused-ring (bicyclic) bond motifs is 1. The number of methoxy groups -OCH3 is 1. The van der Waals surface area contributed by atoms with Gasteiger partial charge in [0.25, 0.3) is 0 Å². The first-order chi connectivity index (χ1) is 16.5. The Hall–Kier alpha value is -3.87. The Balaban J connectivity index is 1.78. The van der Waals surface area contributed by atoms with Crippen LogP contribution in [-0.4, -0.2) is 50.5 Å². The van der Waals surface area contributed by atoms with Gasteiger partial charge in [0.1, 0.15) is 12.3 Å². The molecule has 1 aliphatic rings. The fraction of sp³-hybridized carbons (Fsp3) is 0.227. The average Bonchev–Trinajstić information content (AvgIpc) is 2.81. The molecule has 0 aliphatic carbocycles. The van der Waals surface area contributed by atoms with E-state index in [0.717, 1.165) is 6.26 Å². The summed E-state index contributed by atoms with van der Waals surface area (Å²) in [4.78, 5) is 24.4. The molecule has 184 valence electrons. The van der Waals surface area contributed by atoms with Crippen LogP contribution >= 0.6 is 0 Å². The van der Waals surface area contributed by atoms with Crippen molar-refractivity contribution in [2.24, 2.45) is 0 Å². The SMILES string of the molecule is COc1ccc(N2Cc3cnc(NCC(F)(F)F)nc3N(c3ccc(S(C)(=O)=O)cc3)C2=O)cc1. The zero-order valence-electron chi connectivity index (χ0n) is 18.6. The highest BCUT2D eigenvalue weighted by atomic mass is 32.2. The summed E-state index contributed by atoms with van der Waals surface area (Å²) in [7, 11) is -1.97. The van der Waals surface area contributed by atoms with Gasteiger partial charge in [-0.05, 0) is 48.5 Å². The Kier molecular flexibility index (Phi) is 6.28. The number of rotatable bonds is 6. The van der Waals surface area contributed by atoms with Gasteiger partial charge in [-0.15, -0.1) is 0 Å². The predicted octanol–water partition coefficient (Wildman–Crippen LogP) is 4.14. The van der Waals surface area contributed by atoms with Crippen LogP contribution in [0, 0.1) is 0 Å². The van der Waals surface area contributed by atoms with Crippen molar-refractivity contribution in [3.8, 4) is 5.75 Å². The summed E-state index contributed by atoms with van der Waals surface area (Å²) in [5.41, 5.74) is 1.30. The van der Waals surface area contributed by atoms with E-state index in [1.54, 1.807) is 24.3 Å². The standard InChI is InChI=1S/C22H20F3N5O4S/c1-34-17-7-3-15(4-8-17)29-12-14-11-26-20(27-13-22(23,24)25)28-19(14)30(21(29)31)16-5-9-18(10-6-16)35(2,32)33/h3-11H,12-13H2,1-2H3,(H,26,27,28). The maximum absolute atomic E-state index is 13.6. The van der Waals surface area contributed by atoms with Crippen LogP contribution in [-0.2, 0) is 16.4 Å². The Morgan fingerprint density at radius 2 is 1.69 bits per heavy atom. The second kappa shape index (κ2) is 9.06. The largest absolute Gasteiger partial charge is 0.497 e. The van der Waals surface area contributed by atoms with E-state index in [1.165, 1.54) is 47.4 Å². The molecule has 4 rings (SSSR count). The molecule has 3 aromatic rings. The number of benzene rings is 2. The first kappa shape index (κ1) is 24.3. The molecule has 13 heteroatoms. The maximum Gasteiger partial charge on any atom is 0.405 e. The number of halogens is 3. The summed E-state index contributed by atoms with van der Waals surface area (Å²) in [5, 5.41) is 2.11. The molecule has 9 nitrogen and oxygen atoms in total. The molecule has 1 N–H and O–H groups in total. The maximum atomic E-state index is 13.6. The number of hydrogen-bond donors (Lipinski definition) is 1. The number of sulfone groups is 1. The van der Waals surface area contributed by atoms with Gasteiger partial charge in [-0.1, -0.05) is 0 Å². The Morgan fingerprint density at radius 3 is 2.26 bits per heavy atom. The van der Waals surface area contributed by atoms with Gasteiger partial charge in [0.05, 0.1) is 24.2 Å². The zero-order valence-corrected chi connectivity index (χ0v) is 19.4. The van der Waals surface area contributed by atoms with Crippen LogP contribution in [0.2, 0.25) is 0 Å². The minimum Gasteiger partial charge on any atom is -0.497 e. The van der Waals surface area contributed by atoms with Gasteiger partial charge in [-0.25, -0.2) is 23.1 Å². The van der Waals surface area contributed by atoms with Gasteiger partial charge < -0.3 is 10.1 Å². The molecule has 0 radical (unpaired) electrons. The topological polar surface area (TPSA) is 105 Å². The lowest BCUT2D eigenvalue weighted by Gasteiger charge is -2.36. The van der Waals surface area contributed by atoms with Crippen LogP contribution in [0.1, 0.15) is 5.56 Å². The number of urea groups is 1. The lowest BCUT2D eigenvalue weighted by atomic mass is 10.1. The number of ether oxygens (including phenoxy) is 1. The highest BCUT2D eigenvalue weighted by molar-refractivity contribution is 7.90. The van der Waals surface area contributed by atoms with Gasteiger partial charge in [-0.3, -0.25) is 4.90 Å². The van der Waals surface area contributed by atoms with Crippen molar-refractivity contribution in [1.82, 2.24) is 9.97 Å². The van der Waals surface area contributed by atoms with E-state index in [-0.39, 0.29) is 28.9 Å². The molecule has 2 amide bonds. The molecule has 0 saturated carbocycles. The zero-order chi connectivity index (χ0) is 25.4. The Labute approximate surface area is 199 Å². The Morgan fingerprint density at radius 1 is 1.06 bits per heavy atom. The minimum atomic E-state index is -4.48. The molecule has 0 atom stereocenters. The normalized spacial score (nSPS) is 14.0. The average molecular weight is 507 g/mol. The van der Waals surface area contributed by atoms with E-state index in [2.05, 4.69) is 15.3 Å². The number of hydrogen-bond acceptors (Lipinski definition) is 7. The monoisotopic (exact) mass is 507 g/mol. The van der Waals surface area contributed by atoms with E-state index in [4.69, 9.17) is 4.74 Å². The van der Waals surface area contributed by atoms with Gasteiger partial charge in [0.2, 0.25) is 5.95 Å². The third-order valence-corrected chi connectivity index (χ3v) is 6.29. The molecule has 1 aliphatic heterocycles. The van der Waals surface area contributed by atoms with Crippen LogP contribution in [0.4, 0.5) is 41.1 Å². The van der Waals surface area contributed by atoms with Crippen molar-refractivity contribution in [2.45, 2.75) is 17.6 Å². The summed E-state index contributed by atoms with van der Waals surface area (Å²) < 4.78 is 66.9. The molecular formula is C22H20F3N5O4S. The van der Waals surface area contributed by atoms with E-state index >= 15 is 0 Å². The minimum absolute atomic E-state index is 0.0492. The van der Waals surface area contributed by atoms with Crippen LogP contribution < -0.4 is 19.9 Å². The van der Waals surface area contributed by atoms with Gasteiger partial charge in [-0.2, -0.15) is 18.2 Å². The van der Waals surface area contributed by atoms with Gasteiger partial charge in [0.15, 0.2) is 15.7 Å². The quantitative estimate of drug-likeness (QED) is 0.535. The molecule has 0 unspecified atom stereocenters. The first-order valence-corrected chi connectivity index (χ1v) is 12.1. The van der Waals surface area contributed by atoms with E-state index < -0.39 is 28.6 Å². The van der Waals surface area contributed by atoms with E-state index in [0.29, 0.717) is 17.0 Å². The Bertz CT molecular complexity index is 1350. The number of aromatic nitrogens is 2. The van der Waals surface area contributed by atoms with Crippen molar-refractivity contribution >= 4 is 39.0 Å². The van der Waals surface area contributed by atoms with Crippen LogP contribution in [0.5, 0.6) is 5.75 Å². The van der Waals surface area contributed by atoms with Gasteiger partial charge in [0, 0.05) is 23.7 Å². The lowest BCUT2D eigenvalue weighted by Crippen LogP contribution is -2.45. The van der Waals surface area contributed by atoms with Gasteiger partial charge >= 0.3 is 12.2 Å². The van der Waals surface area contributed by atoms with Crippen molar-refractivity contribution in [1.29, 1.82) is 0 Å². The number of amides is 2. The number of carbonyl (C=O) groups excluding carboxylic acids is 1. The number of nitrogens with one attached hydrogen (secondary N) is 1. The highest BCUT2D eigenvalue weighted by Crippen LogP contribution is 2.36. The number of anilines is 4. The summed E-state index contributed by atoms with van der Waals surface area (Å²) in [6.07, 6.45) is -2.08. The van der Waals surface area contributed by atoms with Crippen LogP contribution in [0.15, 0.2) is 59.6 Å². The summed E-state index contributed by atoms with van der Waals surface area (Å²) >= 11 is 0. The van der Waals surface area contributed by atoms with Crippen molar-refractivity contribution in [3.63, 3.8) is 0 Å². The summed E-state index contributed by atoms with van der Waals surface area (Å²) in [6, 6.07) is 11.8. The second-order valence-electron chi connectivity index (χ2n) is 7.68. The fourth-order valence-electron chi connectivity index (χ4n) is 3.46. The second-order valence-corrected chi connectivity index (χ2v) is 9.70. The third kappa shape index (κ3) is 5.29. The van der Waals surface area contributed by atoms with Crippen LogP contribution in [0.25, 0.3) is 0 Å². The van der Waals surface area contributed by atoms with Crippen LogP contribution in [0.3, 0.4) is 0 Å². The summed E-state index contributed by atoms with van der Waals surface area (Å²) in [6.45, 7) is -1.28. The number of carbonyl (C=O) groups is 1. The molecular weight excluding hydrogens is 487 g/mol. The molecule has 1 aromatic heterocycles. The number of alkyl halides is 3. The molecule has 0 saturated heterocycles. The number of nitrogens with zero attached hydrogens (tertiary/aromatic N) is 4. The molecule has 0 fully saturated rings. The molecule has 0 spiro atoms. The molecule has 2 aromatic carbocycles. The van der Waals surface area contributed by atoms with Crippen molar-refractivity contribution < 1.29 is 31.1 Å². The van der Waals surface area contributed by atoms with Crippen molar-refractivity contribution in [2.75, 3.05) is 35.0 Å². The first-order valence-electron chi connectivity index (χ1n) is 10.2. The van der Waals surface area contributed by atoms with E-state index in [9.17, 15) is 26.4 Å². The third-order valence-electron chi connectivity index (χ3n) is 5.16. The van der Waals surface area contributed by atoms with Crippen molar-refractivity contribution in [3.05, 3.63) is 60.3 Å². The smallest absolute Gasteiger partial charge is 0.405 e. The molecule has 0 bridgehead atoms. The molecule has 35 heavy (non-hydrogen) atoms. The highest BCUT2D eigenvalue weighted by Gasteiger charge is 2.35. The predicted molar refractivity (Wildman–Crippen MR) is 123 cm³/mol. The fourth-order valence-corrected chi connectivity index (χ4v) is 4.09. The molecule has 2 heterocycles.